The second-order valence-electron chi connectivity index (χ2n) is 6.78. The highest BCUT2D eigenvalue weighted by Crippen LogP contribution is 2.29. The van der Waals surface area contributed by atoms with Gasteiger partial charge in [0.1, 0.15) is 5.82 Å². The molecule has 6 nitrogen and oxygen atoms in total. The van der Waals surface area contributed by atoms with E-state index in [9.17, 15) is 9.18 Å². The molecular formula is C23H19FN4O2. The van der Waals surface area contributed by atoms with E-state index in [0.29, 0.717) is 27.9 Å². The van der Waals surface area contributed by atoms with Crippen LogP contribution >= 0.6 is 0 Å². The van der Waals surface area contributed by atoms with Crippen LogP contribution in [0.2, 0.25) is 0 Å². The van der Waals surface area contributed by atoms with Crippen LogP contribution in [0.4, 0.5) is 4.39 Å². The first-order chi connectivity index (χ1) is 14.5. The first-order valence-corrected chi connectivity index (χ1v) is 9.30. The zero-order chi connectivity index (χ0) is 21.3. The number of fused-ring (bicyclic) bond motifs is 1. The van der Waals surface area contributed by atoms with Crippen molar-refractivity contribution < 1.29 is 9.13 Å². The van der Waals surface area contributed by atoms with Crippen molar-refractivity contribution in [1.82, 2.24) is 14.5 Å². The third-order valence-electron chi connectivity index (χ3n) is 4.97. The molecule has 0 N–H and O–H groups in total. The number of benzene rings is 2. The first-order valence-electron chi connectivity index (χ1n) is 9.30. The highest BCUT2D eigenvalue weighted by molar-refractivity contribution is 5.96. The van der Waals surface area contributed by atoms with E-state index in [1.54, 1.807) is 24.5 Å². The molecule has 0 unspecified atom stereocenters. The van der Waals surface area contributed by atoms with Crippen molar-refractivity contribution in [3.05, 3.63) is 82.8 Å². The molecular weight excluding hydrogens is 383 g/mol. The summed E-state index contributed by atoms with van der Waals surface area (Å²) in [6.07, 6.45) is 3.21. The van der Waals surface area contributed by atoms with Crippen LogP contribution in [0.15, 0.2) is 70.7 Å². The van der Waals surface area contributed by atoms with Gasteiger partial charge >= 0.3 is 6.01 Å². The van der Waals surface area contributed by atoms with E-state index in [1.807, 2.05) is 31.2 Å². The highest BCUT2D eigenvalue weighted by atomic mass is 19.1. The molecule has 0 saturated carbocycles. The van der Waals surface area contributed by atoms with Gasteiger partial charge in [-0.05, 0) is 48.9 Å². The fourth-order valence-corrected chi connectivity index (χ4v) is 3.47. The van der Waals surface area contributed by atoms with Gasteiger partial charge in [0.05, 0.1) is 29.9 Å². The Hall–Kier alpha value is -3.87. The molecule has 0 fully saturated rings. The summed E-state index contributed by atoms with van der Waals surface area (Å²) in [5, 5.41) is 1.22. The monoisotopic (exact) mass is 402 g/mol. The van der Waals surface area contributed by atoms with Gasteiger partial charge in [0.2, 0.25) is 0 Å². The maximum Gasteiger partial charge on any atom is 0.316 e. The van der Waals surface area contributed by atoms with Gasteiger partial charge in [0.15, 0.2) is 0 Å². The number of methoxy groups -OCH3 is 1. The third-order valence-corrected chi connectivity index (χ3v) is 4.97. The summed E-state index contributed by atoms with van der Waals surface area (Å²) < 4.78 is 20.5. The van der Waals surface area contributed by atoms with Gasteiger partial charge in [-0.15, -0.1) is 0 Å². The lowest BCUT2D eigenvalue weighted by Crippen LogP contribution is -2.23. The lowest BCUT2D eigenvalue weighted by atomic mass is 9.99. The van der Waals surface area contributed by atoms with Crippen LogP contribution in [0.25, 0.3) is 27.6 Å². The van der Waals surface area contributed by atoms with Gasteiger partial charge in [-0.3, -0.25) is 14.4 Å². The van der Waals surface area contributed by atoms with Crippen LogP contribution < -0.4 is 10.3 Å². The second kappa shape index (κ2) is 7.87. The summed E-state index contributed by atoms with van der Waals surface area (Å²) in [5.41, 5.74) is 2.11. The Balaban J connectivity index is 2.07. The minimum Gasteiger partial charge on any atom is -0.467 e. The maximum atomic E-state index is 13.9. The second-order valence-corrected chi connectivity index (χ2v) is 6.78. The number of ether oxygens (including phenoxy) is 1. The number of hydrogen-bond donors (Lipinski definition) is 0. The Morgan fingerprint density at radius 1 is 1.13 bits per heavy atom. The number of pyridine rings is 1. The van der Waals surface area contributed by atoms with Crippen LogP contribution in [0.1, 0.15) is 18.7 Å². The zero-order valence-corrected chi connectivity index (χ0v) is 16.5. The number of hydrogen-bond acceptors (Lipinski definition) is 5. The molecule has 4 rings (SSSR count). The van der Waals surface area contributed by atoms with Crippen molar-refractivity contribution in [3.63, 3.8) is 0 Å². The standard InChI is InChI=1S/C23H19FN4O2/c1-14(25-2)20-10-15-6-4-9-19(16-12-26-23(30-3)27-13-16)21(15)22(29)28(20)18-8-5-7-17(24)11-18/h4-14H,2H2,1,3H3/t14-/m0/s1. The number of aliphatic imine (C=N–C) groups is 1. The predicted molar refractivity (Wildman–Crippen MR) is 115 cm³/mol. The van der Waals surface area contributed by atoms with Crippen molar-refractivity contribution in [2.75, 3.05) is 7.11 Å². The summed E-state index contributed by atoms with van der Waals surface area (Å²) in [6.45, 7) is 5.45. The molecule has 2 aromatic heterocycles. The Labute approximate surface area is 172 Å². The molecule has 7 heteroatoms. The summed E-state index contributed by atoms with van der Waals surface area (Å²) in [5.74, 6) is -0.429. The predicted octanol–water partition coefficient (Wildman–Crippen LogP) is 4.36. The minimum atomic E-state index is -0.429. The summed E-state index contributed by atoms with van der Waals surface area (Å²) in [6, 6.07) is 13.2. The van der Waals surface area contributed by atoms with Crippen molar-refractivity contribution in [3.8, 4) is 22.8 Å². The van der Waals surface area contributed by atoms with E-state index in [2.05, 4.69) is 21.7 Å². The van der Waals surface area contributed by atoms with Gasteiger partial charge in [0.25, 0.3) is 5.56 Å². The van der Waals surface area contributed by atoms with E-state index in [-0.39, 0.29) is 17.6 Å². The van der Waals surface area contributed by atoms with E-state index in [1.165, 1.54) is 23.8 Å². The van der Waals surface area contributed by atoms with Crippen LogP contribution in [0.3, 0.4) is 0 Å². The Bertz CT molecular complexity index is 1300. The average Bonchev–Trinajstić information content (AvgIpc) is 2.78. The van der Waals surface area contributed by atoms with Gasteiger partial charge in [-0.2, -0.15) is 0 Å². The third kappa shape index (κ3) is 3.34. The molecule has 0 saturated heterocycles. The molecule has 0 bridgehead atoms. The highest BCUT2D eigenvalue weighted by Gasteiger charge is 2.18. The SMILES string of the molecule is C=N[C@@H](C)c1cc2cccc(-c3cnc(OC)nc3)c2c(=O)n1-c1cccc(F)c1. The Morgan fingerprint density at radius 3 is 2.53 bits per heavy atom. The van der Waals surface area contributed by atoms with E-state index in [4.69, 9.17) is 4.74 Å². The van der Waals surface area contributed by atoms with E-state index < -0.39 is 5.82 Å². The number of aromatic nitrogens is 3. The smallest absolute Gasteiger partial charge is 0.316 e. The molecule has 2 aromatic carbocycles. The molecule has 0 aliphatic rings. The maximum absolute atomic E-state index is 13.9. The lowest BCUT2D eigenvalue weighted by Gasteiger charge is -2.18. The lowest BCUT2D eigenvalue weighted by molar-refractivity contribution is 0.380. The number of nitrogens with zero attached hydrogens (tertiary/aromatic N) is 4. The topological polar surface area (TPSA) is 69.4 Å². The van der Waals surface area contributed by atoms with E-state index in [0.717, 1.165) is 5.39 Å². The molecule has 30 heavy (non-hydrogen) atoms. The van der Waals surface area contributed by atoms with Crippen molar-refractivity contribution in [1.29, 1.82) is 0 Å². The van der Waals surface area contributed by atoms with E-state index >= 15 is 0 Å². The van der Waals surface area contributed by atoms with Crippen molar-refractivity contribution >= 4 is 17.5 Å². The molecule has 0 aliphatic carbocycles. The Morgan fingerprint density at radius 2 is 1.87 bits per heavy atom. The summed E-state index contributed by atoms with van der Waals surface area (Å²) in [4.78, 5) is 26.1. The average molecular weight is 402 g/mol. The Kier molecular flexibility index (Phi) is 5.10. The van der Waals surface area contributed by atoms with Crippen LogP contribution in [-0.4, -0.2) is 28.4 Å². The molecule has 0 amide bonds. The summed E-state index contributed by atoms with van der Waals surface area (Å²) in [7, 11) is 1.49. The molecule has 150 valence electrons. The van der Waals surface area contributed by atoms with Crippen LogP contribution in [-0.2, 0) is 0 Å². The molecule has 0 spiro atoms. The van der Waals surface area contributed by atoms with Gasteiger partial charge in [0, 0.05) is 18.0 Å². The molecule has 2 heterocycles. The fraction of sp³-hybridized carbons (Fsp3) is 0.130. The molecule has 1 atom stereocenters. The minimum absolute atomic E-state index is 0.240. The van der Waals surface area contributed by atoms with Crippen LogP contribution in [0.5, 0.6) is 6.01 Å². The largest absolute Gasteiger partial charge is 0.467 e. The number of rotatable bonds is 5. The molecule has 0 radical (unpaired) electrons. The van der Waals surface area contributed by atoms with Gasteiger partial charge in [-0.25, -0.2) is 14.4 Å². The van der Waals surface area contributed by atoms with Gasteiger partial charge in [-0.1, -0.05) is 24.3 Å². The van der Waals surface area contributed by atoms with Crippen molar-refractivity contribution in [2.24, 2.45) is 4.99 Å². The zero-order valence-electron chi connectivity index (χ0n) is 16.5. The first kappa shape index (κ1) is 19.4. The van der Waals surface area contributed by atoms with Crippen molar-refractivity contribution in [2.45, 2.75) is 13.0 Å². The van der Waals surface area contributed by atoms with Crippen LogP contribution in [0, 0.1) is 5.82 Å². The summed E-state index contributed by atoms with van der Waals surface area (Å²) >= 11 is 0. The number of halogens is 1. The van der Waals surface area contributed by atoms with Gasteiger partial charge < -0.3 is 4.74 Å². The molecule has 4 aromatic rings. The fourth-order valence-electron chi connectivity index (χ4n) is 3.47. The quantitative estimate of drug-likeness (QED) is 0.465. The normalized spacial score (nSPS) is 12.0. The molecule has 0 aliphatic heterocycles.